The number of hydrogen-bond acceptors (Lipinski definition) is 5. The number of amides is 1. The molecular formula is C26H35FN2O4. The number of alkyl halides is 1. The van der Waals surface area contributed by atoms with E-state index in [4.69, 9.17) is 9.47 Å². The van der Waals surface area contributed by atoms with Gasteiger partial charge in [-0.3, -0.25) is 9.59 Å². The predicted octanol–water partition coefficient (Wildman–Crippen LogP) is 4.06. The van der Waals surface area contributed by atoms with Crippen LogP contribution in [0, 0.1) is 5.92 Å². The summed E-state index contributed by atoms with van der Waals surface area (Å²) in [4.78, 5) is 30.9. The molecule has 3 aliphatic rings. The predicted molar refractivity (Wildman–Crippen MR) is 124 cm³/mol. The van der Waals surface area contributed by atoms with Crippen LogP contribution in [0.2, 0.25) is 0 Å². The lowest BCUT2D eigenvalue weighted by Crippen LogP contribution is -2.42. The molecule has 180 valence electrons. The molecule has 0 bridgehead atoms. The lowest BCUT2D eigenvalue weighted by Gasteiger charge is -2.36. The van der Waals surface area contributed by atoms with Crippen LogP contribution in [-0.2, 0) is 14.3 Å². The van der Waals surface area contributed by atoms with Crippen molar-refractivity contribution in [1.82, 2.24) is 9.80 Å². The average Bonchev–Trinajstić information content (AvgIpc) is 3.07. The SMILES string of the molecule is CCCCOc1cccc(C2C3=C(OC4CCC(F)CC4C3=O)C(=O)N2CCCN(C)C)c1. The molecule has 1 aromatic carbocycles. The smallest absolute Gasteiger partial charge is 0.290 e. The summed E-state index contributed by atoms with van der Waals surface area (Å²) in [5.74, 6) is 0.00746. The van der Waals surface area contributed by atoms with Gasteiger partial charge in [-0.05, 0) is 70.4 Å². The summed E-state index contributed by atoms with van der Waals surface area (Å²) in [6.07, 6.45) is 2.37. The summed E-state index contributed by atoms with van der Waals surface area (Å²) < 4.78 is 26.2. The van der Waals surface area contributed by atoms with E-state index < -0.39 is 24.2 Å². The van der Waals surface area contributed by atoms with Gasteiger partial charge in [0.2, 0.25) is 0 Å². The Morgan fingerprint density at radius 1 is 1.21 bits per heavy atom. The molecule has 1 aromatic rings. The summed E-state index contributed by atoms with van der Waals surface area (Å²) >= 11 is 0. The molecule has 0 N–H and O–H groups in total. The maximum atomic E-state index is 14.2. The molecule has 0 saturated heterocycles. The van der Waals surface area contributed by atoms with E-state index in [1.54, 1.807) is 4.90 Å². The zero-order chi connectivity index (χ0) is 23.5. The van der Waals surface area contributed by atoms with Crippen LogP contribution in [-0.4, -0.2) is 67.6 Å². The molecule has 1 aliphatic carbocycles. The number of rotatable bonds is 9. The van der Waals surface area contributed by atoms with Crippen LogP contribution in [0.25, 0.3) is 0 Å². The lowest BCUT2D eigenvalue weighted by atomic mass is 9.77. The number of ketones is 1. The number of Topliss-reactive ketones (excluding diaryl/α,β-unsaturated/α-hetero) is 1. The van der Waals surface area contributed by atoms with E-state index >= 15 is 0 Å². The van der Waals surface area contributed by atoms with E-state index in [0.29, 0.717) is 31.6 Å². The fourth-order valence-electron chi connectivity index (χ4n) is 5.11. The number of halogens is 1. The normalized spacial score (nSPS) is 27.0. The van der Waals surface area contributed by atoms with Crippen molar-refractivity contribution in [3.8, 4) is 5.75 Å². The minimum Gasteiger partial charge on any atom is -0.494 e. The molecule has 0 aromatic heterocycles. The van der Waals surface area contributed by atoms with E-state index in [9.17, 15) is 14.0 Å². The lowest BCUT2D eigenvalue weighted by molar-refractivity contribution is -0.136. The largest absolute Gasteiger partial charge is 0.494 e. The monoisotopic (exact) mass is 458 g/mol. The van der Waals surface area contributed by atoms with Gasteiger partial charge in [0.15, 0.2) is 11.5 Å². The Hall–Kier alpha value is -2.41. The third kappa shape index (κ3) is 4.93. The molecule has 33 heavy (non-hydrogen) atoms. The van der Waals surface area contributed by atoms with Crippen molar-refractivity contribution < 1.29 is 23.5 Å². The van der Waals surface area contributed by atoms with Gasteiger partial charge in [0, 0.05) is 6.54 Å². The highest BCUT2D eigenvalue weighted by molar-refractivity contribution is 6.11. The zero-order valence-corrected chi connectivity index (χ0v) is 19.9. The number of carbonyl (C=O) groups excluding carboxylic acids is 2. The van der Waals surface area contributed by atoms with Crippen LogP contribution in [0.1, 0.15) is 57.1 Å². The highest BCUT2D eigenvalue weighted by Gasteiger charge is 2.52. The first kappa shape index (κ1) is 23.7. The van der Waals surface area contributed by atoms with Crippen molar-refractivity contribution in [3.63, 3.8) is 0 Å². The zero-order valence-electron chi connectivity index (χ0n) is 19.9. The Kier molecular flexibility index (Phi) is 7.37. The molecule has 2 heterocycles. The van der Waals surface area contributed by atoms with Gasteiger partial charge >= 0.3 is 0 Å². The summed E-state index contributed by atoms with van der Waals surface area (Å²) in [6, 6.07) is 7.11. The van der Waals surface area contributed by atoms with Crippen molar-refractivity contribution in [2.45, 2.75) is 63.8 Å². The van der Waals surface area contributed by atoms with Crippen LogP contribution in [0.4, 0.5) is 4.39 Å². The van der Waals surface area contributed by atoms with Gasteiger partial charge < -0.3 is 19.3 Å². The average molecular weight is 459 g/mol. The summed E-state index contributed by atoms with van der Waals surface area (Å²) in [5, 5.41) is 0. The molecule has 1 amide bonds. The number of benzene rings is 1. The van der Waals surface area contributed by atoms with Crippen molar-refractivity contribution in [1.29, 1.82) is 0 Å². The number of carbonyl (C=O) groups is 2. The second-order valence-corrected chi connectivity index (χ2v) is 9.61. The number of unbranched alkanes of at least 4 members (excludes halogenated alkanes) is 1. The second-order valence-electron chi connectivity index (χ2n) is 9.61. The fourth-order valence-corrected chi connectivity index (χ4v) is 5.11. The highest BCUT2D eigenvalue weighted by atomic mass is 19.1. The van der Waals surface area contributed by atoms with Crippen molar-refractivity contribution in [2.24, 2.45) is 5.92 Å². The maximum absolute atomic E-state index is 14.2. The molecular weight excluding hydrogens is 423 g/mol. The second kappa shape index (κ2) is 10.2. The van der Waals surface area contributed by atoms with Crippen molar-refractivity contribution in [3.05, 3.63) is 41.2 Å². The first-order chi connectivity index (χ1) is 15.9. The molecule has 6 nitrogen and oxygen atoms in total. The van der Waals surface area contributed by atoms with E-state index in [0.717, 1.165) is 37.1 Å². The molecule has 4 atom stereocenters. The molecule has 1 saturated carbocycles. The minimum absolute atomic E-state index is 0.130. The number of fused-ring (bicyclic) bond motifs is 1. The first-order valence-electron chi connectivity index (χ1n) is 12.2. The van der Waals surface area contributed by atoms with E-state index in [1.165, 1.54) is 0 Å². The quantitative estimate of drug-likeness (QED) is 0.523. The highest BCUT2D eigenvalue weighted by Crippen LogP contribution is 2.47. The fraction of sp³-hybridized carbons (Fsp3) is 0.615. The minimum atomic E-state index is -0.997. The molecule has 7 heteroatoms. The molecule has 4 unspecified atom stereocenters. The maximum Gasteiger partial charge on any atom is 0.290 e. The van der Waals surface area contributed by atoms with Crippen LogP contribution in [0.3, 0.4) is 0 Å². The van der Waals surface area contributed by atoms with Gasteiger partial charge in [0.1, 0.15) is 18.0 Å². The number of ether oxygens (including phenoxy) is 2. The van der Waals surface area contributed by atoms with Crippen LogP contribution >= 0.6 is 0 Å². The molecule has 2 aliphatic heterocycles. The van der Waals surface area contributed by atoms with Gasteiger partial charge in [-0.25, -0.2) is 4.39 Å². The van der Waals surface area contributed by atoms with E-state index in [1.807, 2.05) is 38.4 Å². The summed E-state index contributed by atoms with van der Waals surface area (Å²) in [5.41, 5.74) is 1.22. The third-order valence-electron chi connectivity index (χ3n) is 6.82. The Labute approximate surface area is 195 Å². The first-order valence-corrected chi connectivity index (χ1v) is 12.2. The molecule has 0 radical (unpaired) electrons. The molecule has 1 fully saturated rings. The van der Waals surface area contributed by atoms with Crippen LogP contribution in [0.5, 0.6) is 5.75 Å². The van der Waals surface area contributed by atoms with Crippen LogP contribution < -0.4 is 4.74 Å². The van der Waals surface area contributed by atoms with Gasteiger partial charge in [-0.15, -0.1) is 0 Å². The van der Waals surface area contributed by atoms with Gasteiger partial charge in [0.25, 0.3) is 5.91 Å². The topological polar surface area (TPSA) is 59.1 Å². The van der Waals surface area contributed by atoms with Gasteiger partial charge in [-0.1, -0.05) is 25.5 Å². The Bertz CT molecular complexity index is 915. The Morgan fingerprint density at radius 2 is 2.03 bits per heavy atom. The third-order valence-corrected chi connectivity index (χ3v) is 6.82. The van der Waals surface area contributed by atoms with Crippen LogP contribution in [0.15, 0.2) is 35.6 Å². The molecule has 4 rings (SSSR count). The van der Waals surface area contributed by atoms with Gasteiger partial charge in [0.05, 0.1) is 24.1 Å². The Balaban J connectivity index is 1.67. The Morgan fingerprint density at radius 3 is 2.79 bits per heavy atom. The van der Waals surface area contributed by atoms with Crippen molar-refractivity contribution >= 4 is 11.7 Å². The number of nitrogens with zero attached hydrogens (tertiary/aromatic N) is 2. The van der Waals surface area contributed by atoms with E-state index in [2.05, 4.69) is 11.8 Å². The summed E-state index contributed by atoms with van der Waals surface area (Å²) in [6.45, 7) is 4.06. The molecule has 0 spiro atoms. The van der Waals surface area contributed by atoms with Crippen molar-refractivity contribution in [2.75, 3.05) is 33.8 Å². The van der Waals surface area contributed by atoms with E-state index in [-0.39, 0.29) is 23.9 Å². The number of hydrogen-bond donors (Lipinski definition) is 0. The summed E-state index contributed by atoms with van der Waals surface area (Å²) in [7, 11) is 3.99. The standard InChI is InChI=1S/C26H35FN2O4/c1-4-5-14-32-19-9-6-8-17(15-19)23-22-24(30)20-16-18(27)10-11-21(20)33-25(22)26(31)29(23)13-7-12-28(2)3/h6,8-9,15,18,20-21,23H,4-5,7,10-14,16H2,1-3H3. The van der Waals surface area contributed by atoms with Gasteiger partial charge in [-0.2, -0.15) is 0 Å².